The summed E-state index contributed by atoms with van der Waals surface area (Å²) < 4.78 is 28.8. The van der Waals surface area contributed by atoms with Crippen molar-refractivity contribution in [3.05, 3.63) is 93.5 Å². The van der Waals surface area contributed by atoms with Gasteiger partial charge in [-0.1, -0.05) is 47.5 Å². The molecule has 0 spiro atoms. The lowest BCUT2D eigenvalue weighted by Gasteiger charge is -2.32. The molecule has 0 fully saturated rings. The van der Waals surface area contributed by atoms with E-state index >= 15 is 0 Å². The Labute approximate surface area is 240 Å². The molecular weight excluding hydrogens is 557 g/mol. The summed E-state index contributed by atoms with van der Waals surface area (Å²) in [6.07, 6.45) is 0. The fourth-order valence-electron chi connectivity index (χ4n) is 3.94. The summed E-state index contributed by atoms with van der Waals surface area (Å²) >= 11 is 12.4. The van der Waals surface area contributed by atoms with Gasteiger partial charge in [-0.25, -0.2) is 8.42 Å². The van der Waals surface area contributed by atoms with E-state index in [2.05, 4.69) is 5.32 Å². The predicted molar refractivity (Wildman–Crippen MR) is 157 cm³/mol. The first kappa shape index (κ1) is 30.5. The van der Waals surface area contributed by atoms with Crippen molar-refractivity contribution < 1.29 is 18.0 Å². The van der Waals surface area contributed by atoms with E-state index in [4.69, 9.17) is 23.2 Å². The Morgan fingerprint density at radius 1 is 0.897 bits per heavy atom. The molecule has 10 heteroatoms. The maximum atomic E-state index is 13.9. The number of hydrogen-bond donors (Lipinski definition) is 1. The Bertz CT molecular complexity index is 1440. The lowest BCUT2D eigenvalue weighted by atomic mass is 10.1. The predicted octanol–water partition coefficient (Wildman–Crippen LogP) is 5.75. The molecule has 0 aromatic heterocycles. The third kappa shape index (κ3) is 7.53. The van der Waals surface area contributed by atoms with E-state index in [1.54, 1.807) is 49.4 Å². The molecule has 208 valence electrons. The van der Waals surface area contributed by atoms with Gasteiger partial charge in [0.1, 0.15) is 12.6 Å². The van der Waals surface area contributed by atoms with Crippen molar-refractivity contribution in [1.29, 1.82) is 0 Å². The number of nitrogens with one attached hydrogen (secondary N) is 1. The number of halogens is 2. The zero-order valence-electron chi connectivity index (χ0n) is 22.6. The second-order valence-corrected chi connectivity index (χ2v) is 12.4. The zero-order chi connectivity index (χ0) is 28.9. The SMILES string of the molecule is Cc1ccc(N(CC(=O)N(Cc2ccccc2Cl)[C@H](C)C(=O)NC(C)C)S(=O)(=O)c2ccc(Cl)cc2)cc1C. The van der Waals surface area contributed by atoms with Crippen LogP contribution in [-0.2, 0) is 26.2 Å². The minimum atomic E-state index is -4.17. The van der Waals surface area contributed by atoms with Gasteiger partial charge in [0.25, 0.3) is 10.0 Å². The minimum absolute atomic E-state index is 0.0128. The van der Waals surface area contributed by atoms with Gasteiger partial charge in [-0.3, -0.25) is 13.9 Å². The number of sulfonamides is 1. The van der Waals surface area contributed by atoms with Crippen LogP contribution in [0.4, 0.5) is 5.69 Å². The van der Waals surface area contributed by atoms with E-state index in [1.165, 1.54) is 29.2 Å². The molecule has 0 aliphatic heterocycles. The van der Waals surface area contributed by atoms with Crippen molar-refractivity contribution in [3.8, 4) is 0 Å². The molecule has 39 heavy (non-hydrogen) atoms. The van der Waals surface area contributed by atoms with Crippen LogP contribution in [-0.4, -0.2) is 43.8 Å². The Morgan fingerprint density at radius 2 is 1.54 bits per heavy atom. The average molecular weight is 591 g/mol. The number of rotatable bonds is 10. The number of anilines is 1. The molecule has 7 nitrogen and oxygen atoms in total. The van der Waals surface area contributed by atoms with E-state index in [0.29, 0.717) is 21.3 Å². The summed E-state index contributed by atoms with van der Waals surface area (Å²) in [4.78, 5) is 28.3. The van der Waals surface area contributed by atoms with Crippen LogP contribution in [0.5, 0.6) is 0 Å². The van der Waals surface area contributed by atoms with Gasteiger partial charge in [0.15, 0.2) is 0 Å². The number of carbonyl (C=O) groups excluding carboxylic acids is 2. The molecule has 3 aromatic rings. The molecule has 3 aromatic carbocycles. The highest BCUT2D eigenvalue weighted by Crippen LogP contribution is 2.27. The second-order valence-electron chi connectivity index (χ2n) is 9.69. The van der Waals surface area contributed by atoms with Gasteiger partial charge in [-0.15, -0.1) is 0 Å². The van der Waals surface area contributed by atoms with Crippen molar-refractivity contribution in [1.82, 2.24) is 10.2 Å². The molecule has 3 rings (SSSR count). The number of amides is 2. The van der Waals surface area contributed by atoms with Crippen molar-refractivity contribution in [3.63, 3.8) is 0 Å². The summed E-state index contributed by atoms with van der Waals surface area (Å²) in [6.45, 7) is 8.54. The van der Waals surface area contributed by atoms with Gasteiger partial charge in [-0.05, 0) is 93.8 Å². The first-order valence-electron chi connectivity index (χ1n) is 12.5. The highest BCUT2D eigenvalue weighted by molar-refractivity contribution is 7.92. The van der Waals surface area contributed by atoms with E-state index < -0.39 is 28.5 Å². The first-order valence-corrected chi connectivity index (χ1v) is 14.7. The van der Waals surface area contributed by atoms with E-state index in [-0.39, 0.29) is 23.4 Å². The molecule has 0 unspecified atom stereocenters. The third-order valence-electron chi connectivity index (χ3n) is 6.36. The third-order valence-corrected chi connectivity index (χ3v) is 8.76. The number of nitrogens with zero attached hydrogens (tertiary/aromatic N) is 2. The molecule has 1 N–H and O–H groups in total. The highest BCUT2D eigenvalue weighted by Gasteiger charge is 2.33. The maximum Gasteiger partial charge on any atom is 0.264 e. The van der Waals surface area contributed by atoms with Crippen LogP contribution in [0, 0.1) is 13.8 Å². The van der Waals surface area contributed by atoms with Gasteiger partial charge in [-0.2, -0.15) is 0 Å². The Morgan fingerprint density at radius 3 is 2.13 bits per heavy atom. The van der Waals surface area contributed by atoms with Crippen LogP contribution in [0.3, 0.4) is 0 Å². The van der Waals surface area contributed by atoms with Crippen LogP contribution in [0.1, 0.15) is 37.5 Å². The Kier molecular flexibility index (Phi) is 10.0. The average Bonchev–Trinajstić information content (AvgIpc) is 2.87. The van der Waals surface area contributed by atoms with Crippen LogP contribution in [0.2, 0.25) is 10.0 Å². The second kappa shape index (κ2) is 12.9. The molecular formula is C29H33Cl2N3O4S. The first-order chi connectivity index (χ1) is 18.3. The number of benzene rings is 3. The summed E-state index contributed by atoms with van der Waals surface area (Å²) in [5, 5.41) is 3.65. The Hall–Kier alpha value is -3.07. The fraction of sp³-hybridized carbons (Fsp3) is 0.310. The smallest absolute Gasteiger partial charge is 0.264 e. The van der Waals surface area contributed by atoms with Crippen molar-refractivity contribution in [2.75, 3.05) is 10.8 Å². The largest absolute Gasteiger partial charge is 0.352 e. The molecule has 2 amide bonds. The summed E-state index contributed by atoms with van der Waals surface area (Å²) in [5.41, 5.74) is 2.82. The van der Waals surface area contributed by atoms with E-state index in [0.717, 1.165) is 15.4 Å². The van der Waals surface area contributed by atoms with Crippen LogP contribution in [0.25, 0.3) is 0 Å². The van der Waals surface area contributed by atoms with Crippen molar-refractivity contribution in [2.24, 2.45) is 0 Å². The molecule has 0 saturated carbocycles. The van der Waals surface area contributed by atoms with Crippen molar-refractivity contribution in [2.45, 2.75) is 58.1 Å². The van der Waals surface area contributed by atoms with Gasteiger partial charge in [0.2, 0.25) is 11.8 Å². The number of aryl methyl sites for hydroxylation is 2. The zero-order valence-corrected chi connectivity index (χ0v) is 24.9. The molecule has 0 aliphatic carbocycles. The van der Waals surface area contributed by atoms with E-state index in [9.17, 15) is 18.0 Å². The van der Waals surface area contributed by atoms with Gasteiger partial charge in [0.05, 0.1) is 10.6 Å². The molecule has 0 bridgehead atoms. The van der Waals surface area contributed by atoms with Gasteiger partial charge >= 0.3 is 0 Å². The fourth-order valence-corrected chi connectivity index (χ4v) is 5.67. The minimum Gasteiger partial charge on any atom is -0.352 e. The highest BCUT2D eigenvalue weighted by atomic mass is 35.5. The molecule has 0 saturated heterocycles. The number of hydrogen-bond acceptors (Lipinski definition) is 4. The quantitative estimate of drug-likeness (QED) is 0.326. The van der Waals surface area contributed by atoms with Crippen LogP contribution >= 0.6 is 23.2 Å². The van der Waals surface area contributed by atoms with Crippen LogP contribution < -0.4 is 9.62 Å². The van der Waals surface area contributed by atoms with Gasteiger partial charge < -0.3 is 10.2 Å². The van der Waals surface area contributed by atoms with Crippen LogP contribution in [0.15, 0.2) is 71.6 Å². The Balaban J connectivity index is 2.07. The standard InChI is InChI=1S/C29H33Cl2N3O4S/c1-19(2)32-29(36)22(5)33(17-23-8-6-7-9-27(23)31)28(35)18-34(25-13-10-20(3)21(4)16-25)39(37,38)26-14-11-24(30)12-15-26/h6-16,19,22H,17-18H2,1-5H3,(H,32,36)/t22-/m1/s1. The molecule has 0 radical (unpaired) electrons. The summed E-state index contributed by atoms with van der Waals surface area (Å²) in [5.74, 6) is -0.916. The maximum absolute atomic E-state index is 13.9. The molecule has 0 heterocycles. The normalized spacial score (nSPS) is 12.2. The lowest BCUT2D eigenvalue weighted by molar-refractivity contribution is -0.139. The number of carbonyl (C=O) groups is 2. The van der Waals surface area contributed by atoms with Gasteiger partial charge in [0, 0.05) is 22.6 Å². The van der Waals surface area contributed by atoms with Crippen molar-refractivity contribution >= 4 is 50.7 Å². The monoisotopic (exact) mass is 589 g/mol. The molecule has 0 aliphatic rings. The summed E-state index contributed by atoms with van der Waals surface area (Å²) in [6, 6.07) is 16.9. The van der Waals surface area contributed by atoms with E-state index in [1.807, 2.05) is 27.7 Å². The molecule has 1 atom stereocenters. The lowest BCUT2D eigenvalue weighted by Crippen LogP contribution is -2.52. The topological polar surface area (TPSA) is 86.8 Å². The summed E-state index contributed by atoms with van der Waals surface area (Å²) in [7, 11) is -4.17.